The maximum absolute atomic E-state index is 4.41. The summed E-state index contributed by atoms with van der Waals surface area (Å²) >= 11 is 5.25. The number of hydrogen-bond acceptors (Lipinski definition) is 4. The lowest BCUT2D eigenvalue weighted by atomic mass is 10.3. The molecule has 92 valence electrons. The maximum Gasteiger partial charge on any atom is 0.107 e. The van der Waals surface area contributed by atoms with E-state index in [1.807, 2.05) is 25.6 Å². The molecule has 0 amide bonds. The molecule has 0 aliphatic heterocycles. The van der Waals surface area contributed by atoms with Gasteiger partial charge < -0.3 is 5.32 Å². The van der Waals surface area contributed by atoms with Crippen LogP contribution in [0.15, 0.2) is 9.85 Å². The van der Waals surface area contributed by atoms with E-state index in [1.54, 1.807) is 11.3 Å². The Morgan fingerprint density at radius 3 is 2.71 bits per heavy atom. The Balaban J connectivity index is 1.94. The van der Waals surface area contributed by atoms with Gasteiger partial charge in [-0.15, -0.1) is 11.3 Å². The van der Waals surface area contributed by atoms with Crippen molar-refractivity contribution in [2.45, 2.75) is 26.9 Å². The largest absolute Gasteiger partial charge is 0.305 e. The molecule has 0 atom stereocenters. The first kappa shape index (κ1) is 12.7. The van der Waals surface area contributed by atoms with Gasteiger partial charge in [-0.05, 0) is 29.8 Å². The van der Waals surface area contributed by atoms with Crippen molar-refractivity contribution in [2.75, 3.05) is 0 Å². The number of halogens is 1. The summed E-state index contributed by atoms with van der Waals surface area (Å²) in [5.74, 6) is 0. The SMILES string of the molecule is Cc1csc(CNCc2c(Br)c(C)nn2C)n1. The van der Waals surface area contributed by atoms with Gasteiger partial charge in [0, 0.05) is 31.2 Å². The first-order chi connectivity index (χ1) is 8.08. The molecule has 6 heteroatoms. The molecule has 0 aliphatic carbocycles. The second kappa shape index (κ2) is 5.29. The lowest BCUT2D eigenvalue weighted by molar-refractivity contribution is 0.621. The van der Waals surface area contributed by atoms with Gasteiger partial charge in [-0.2, -0.15) is 5.10 Å². The topological polar surface area (TPSA) is 42.7 Å². The standard InChI is InChI=1S/C11H15BrN4S/c1-7-6-17-10(14-7)5-13-4-9-11(12)8(2)15-16(9)3/h6,13H,4-5H2,1-3H3. The van der Waals surface area contributed by atoms with Gasteiger partial charge in [0.15, 0.2) is 0 Å². The van der Waals surface area contributed by atoms with Crippen molar-refractivity contribution in [1.82, 2.24) is 20.1 Å². The highest BCUT2D eigenvalue weighted by Gasteiger charge is 2.09. The van der Waals surface area contributed by atoms with Gasteiger partial charge in [-0.25, -0.2) is 4.98 Å². The van der Waals surface area contributed by atoms with Crippen LogP contribution in [0, 0.1) is 13.8 Å². The molecule has 17 heavy (non-hydrogen) atoms. The van der Waals surface area contributed by atoms with Gasteiger partial charge in [-0.1, -0.05) is 0 Å². The molecule has 0 aliphatic rings. The van der Waals surface area contributed by atoms with Crippen LogP contribution in [0.1, 0.15) is 22.1 Å². The predicted molar refractivity (Wildman–Crippen MR) is 73.0 cm³/mol. The summed E-state index contributed by atoms with van der Waals surface area (Å²) in [5, 5.41) is 10.9. The second-order valence-electron chi connectivity index (χ2n) is 3.96. The number of aromatic nitrogens is 3. The van der Waals surface area contributed by atoms with E-state index in [9.17, 15) is 0 Å². The van der Waals surface area contributed by atoms with E-state index in [0.29, 0.717) is 0 Å². The first-order valence-corrected chi connectivity index (χ1v) is 7.05. The highest BCUT2D eigenvalue weighted by atomic mass is 79.9. The summed E-state index contributed by atoms with van der Waals surface area (Å²) in [6, 6.07) is 0. The molecule has 0 bridgehead atoms. The van der Waals surface area contributed by atoms with Crippen LogP contribution in [-0.4, -0.2) is 14.8 Å². The lowest BCUT2D eigenvalue weighted by Crippen LogP contribution is -2.15. The van der Waals surface area contributed by atoms with Gasteiger partial charge in [0.25, 0.3) is 0 Å². The third-order valence-corrected chi connectivity index (χ3v) is 4.50. The fourth-order valence-electron chi connectivity index (χ4n) is 1.64. The Morgan fingerprint density at radius 2 is 2.18 bits per heavy atom. The summed E-state index contributed by atoms with van der Waals surface area (Å²) in [5.41, 5.74) is 3.27. The van der Waals surface area contributed by atoms with Crippen LogP contribution in [0.3, 0.4) is 0 Å². The Morgan fingerprint density at radius 1 is 1.41 bits per heavy atom. The number of hydrogen-bond donors (Lipinski definition) is 1. The van der Waals surface area contributed by atoms with Gasteiger partial charge in [-0.3, -0.25) is 4.68 Å². The van der Waals surface area contributed by atoms with Crippen LogP contribution in [0.4, 0.5) is 0 Å². The van der Waals surface area contributed by atoms with Crippen LogP contribution in [-0.2, 0) is 20.1 Å². The highest BCUT2D eigenvalue weighted by molar-refractivity contribution is 9.10. The molecule has 0 fully saturated rings. The van der Waals surface area contributed by atoms with E-state index in [1.165, 1.54) is 0 Å². The van der Waals surface area contributed by atoms with Crippen molar-refractivity contribution < 1.29 is 0 Å². The van der Waals surface area contributed by atoms with Gasteiger partial charge in [0.2, 0.25) is 0 Å². The molecule has 1 N–H and O–H groups in total. The molecule has 0 saturated heterocycles. The molecule has 0 spiro atoms. The quantitative estimate of drug-likeness (QED) is 0.943. The molecule has 2 heterocycles. The van der Waals surface area contributed by atoms with Gasteiger partial charge in [0.05, 0.1) is 15.9 Å². The molecule has 0 unspecified atom stereocenters. The Labute approximate surface area is 113 Å². The zero-order valence-electron chi connectivity index (χ0n) is 10.1. The number of rotatable bonds is 4. The third kappa shape index (κ3) is 2.94. The third-order valence-electron chi connectivity index (χ3n) is 2.50. The second-order valence-corrected chi connectivity index (χ2v) is 5.69. The lowest BCUT2D eigenvalue weighted by Gasteiger charge is -2.04. The van der Waals surface area contributed by atoms with E-state index >= 15 is 0 Å². The van der Waals surface area contributed by atoms with Crippen LogP contribution in [0.25, 0.3) is 0 Å². The van der Waals surface area contributed by atoms with Crippen LogP contribution < -0.4 is 5.32 Å². The minimum atomic E-state index is 0.788. The van der Waals surface area contributed by atoms with Gasteiger partial charge >= 0.3 is 0 Å². The van der Waals surface area contributed by atoms with Crippen LogP contribution in [0.5, 0.6) is 0 Å². The minimum Gasteiger partial charge on any atom is -0.305 e. The molecular weight excluding hydrogens is 300 g/mol. The average molecular weight is 315 g/mol. The van der Waals surface area contributed by atoms with E-state index in [2.05, 4.69) is 36.7 Å². The number of thiazole rings is 1. The first-order valence-electron chi connectivity index (χ1n) is 5.37. The van der Waals surface area contributed by atoms with Crippen molar-refractivity contribution in [3.05, 3.63) is 31.9 Å². The highest BCUT2D eigenvalue weighted by Crippen LogP contribution is 2.20. The van der Waals surface area contributed by atoms with Crippen LogP contribution in [0.2, 0.25) is 0 Å². The Kier molecular flexibility index (Phi) is 3.96. The van der Waals surface area contributed by atoms with Crippen molar-refractivity contribution in [1.29, 1.82) is 0 Å². The normalized spacial score (nSPS) is 11.1. The zero-order valence-corrected chi connectivity index (χ0v) is 12.5. The molecule has 2 rings (SSSR count). The maximum atomic E-state index is 4.41. The Bertz CT molecular complexity index is 518. The van der Waals surface area contributed by atoms with Gasteiger partial charge in [0.1, 0.15) is 5.01 Å². The smallest absolute Gasteiger partial charge is 0.107 e. The average Bonchev–Trinajstić information content (AvgIpc) is 2.78. The van der Waals surface area contributed by atoms with Crippen molar-refractivity contribution in [3.63, 3.8) is 0 Å². The molecule has 0 radical (unpaired) electrons. The summed E-state index contributed by atoms with van der Waals surface area (Å²) in [7, 11) is 1.96. The molecule has 4 nitrogen and oxygen atoms in total. The Hall–Kier alpha value is -0.720. The van der Waals surface area contributed by atoms with E-state index in [4.69, 9.17) is 0 Å². The molecule has 2 aromatic heterocycles. The zero-order chi connectivity index (χ0) is 12.4. The molecular formula is C11H15BrN4S. The number of nitrogens with zero attached hydrogens (tertiary/aromatic N) is 3. The summed E-state index contributed by atoms with van der Waals surface area (Å²) in [6.07, 6.45) is 0. The fourth-order valence-corrected chi connectivity index (χ4v) is 2.86. The number of aryl methyl sites for hydroxylation is 3. The summed E-state index contributed by atoms with van der Waals surface area (Å²) < 4.78 is 2.99. The monoisotopic (exact) mass is 314 g/mol. The summed E-state index contributed by atoms with van der Waals surface area (Å²) in [6.45, 7) is 5.60. The fraction of sp³-hybridized carbons (Fsp3) is 0.455. The predicted octanol–water partition coefficient (Wildman–Crippen LogP) is 2.55. The van der Waals surface area contributed by atoms with E-state index in [0.717, 1.165) is 39.7 Å². The molecule has 2 aromatic rings. The van der Waals surface area contributed by atoms with Crippen LogP contribution >= 0.6 is 27.3 Å². The minimum absolute atomic E-state index is 0.788. The van der Waals surface area contributed by atoms with E-state index in [-0.39, 0.29) is 0 Å². The van der Waals surface area contributed by atoms with E-state index < -0.39 is 0 Å². The van der Waals surface area contributed by atoms with Crippen molar-refractivity contribution >= 4 is 27.3 Å². The molecule has 0 aromatic carbocycles. The summed E-state index contributed by atoms with van der Waals surface area (Å²) in [4.78, 5) is 4.41. The molecule has 0 saturated carbocycles. The van der Waals surface area contributed by atoms with Crippen molar-refractivity contribution in [3.8, 4) is 0 Å². The van der Waals surface area contributed by atoms with Crippen molar-refractivity contribution in [2.24, 2.45) is 7.05 Å². The number of nitrogens with one attached hydrogen (secondary N) is 1.